The van der Waals surface area contributed by atoms with E-state index >= 15 is 0 Å². The average molecular weight is 552 g/mol. The summed E-state index contributed by atoms with van der Waals surface area (Å²) in [6.45, 7) is 7.54. The van der Waals surface area contributed by atoms with E-state index in [2.05, 4.69) is 5.32 Å². The second-order valence-corrected chi connectivity index (χ2v) is 11.7. The fraction of sp³-hybridized carbons (Fsp3) is 0.333. The zero-order chi connectivity index (χ0) is 28.6. The number of nitrogens with one attached hydrogen (secondary N) is 1. The van der Waals surface area contributed by atoms with Crippen molar-refractivity contribution in [3.63, 3.8) is 0 Å². The van der Waals surface area contributed by atoms with Crippen LogP contribution in [0.5, 0.6) is 5.75 Å². The molecule has 0 aliphatic carbocycles. The molecule has 208 valence electrons. The number of sulfonamides is 1. The summed E-state index contributed by atoms with van der Waals surface area (Å²) in [6, 6.07) is 21.6. The van der Waals surface area contributed by atoms with Crippen molar-refractivity contribution in [1.29, 1.82) is 0 Å². The van der Waals surface area contributed by atoms with Crippen LogP contribution in [0.25, 0.3) is 0 Å². The van der Waals surface area contributed by atoms with Crippen LogP contribution in [0.2, 0.25) is 0 Å². The van der Waals surface area contributed by atoms with E-state index in [-0.39, 0.29) is 29.0 Å². The van der Waals surface area contributed by atoms with Crippen LogP contribution in [0, 0.1) is 12.8 Å². The van der Waals surface area contributed by atoms with Crippen LogP contribution in [-0.4, -0.2) is 51.4 Å². The lowest BCUT2D eigenvalue weighted by Gasteiger charge is -2.32. The van der Waals surface area contributed by atoms with Gasteiger partial charge in [-0.15, -0.1) is 0 Å². The summed E-state index contributed by atoms with van der Waals surface area (Å²) in [5.74, 6) is -0.280. The molecule has 8 nitrogen and oxygen atoms in total. The summed E-state index contributed by atoms with van der Waals surface area (Å²) in [6.07, 6.45) is 0. The third kappa shape index (κ3) is 7.60. The monoisotopic (exact) mass is 551 g/mol. The summed E-state index contributed by atoms with van der Waals surface area (Å²) in [5, 5.41) is 2.89. The van der Waals surface area contributed by atoms with Crippen molar-refractivity contribution < 1.29 is 22.7 Å². The molecule has 0 radical (unpaired) electrons. The van der Waals surface area contributed by atoms with Crippen molar-refractivity contribution >= 4 is 27.5 Å². The maximum Gasteiger partial charge on any atom is 0.264 e. The fourth-order valence-corrected chi connectivity index (χ4v) is 5.48. The normalized spacial score (nSPS) is 12.1. The Kier molecular flexibility index (Phi) is 10.1. The summed E-state index contributed by atoms with van der Waals surface area (Å²) in [4.78, 5) is 28.5. The van der Waals surface area contributed by atoms with Crippen LogP contribution in [0.4, 0.5) is 5.69 Å². The number of amides is 2. The highest BCUT2D eigenvalue weighted by Crippen LogP contribution is 2.33. The molecule has 0 heterocycles. The lowest BCUT2D eigenvalue weighted by atomic mass is 10.1. The minimum atomic E-state index is -4.17. The van der Waals surface area contributed by atoms with E-state index < -0.39 is 28.5 Å². The highest BCUT2D eigenvalue weighted by molar-refractivity contribution is 7.92. The third-order valence-corrected chi connectivity index (χ3v) is 8.03. The van der Waals surface area contributed by atoms with Gasteiger partial charge in [0.2, 0.25) is 11.8 Å². The Labute approximate surface area is 231 Å². The van der Waals surface area contributed by atoms with Gasteiger partial charge in [-0.2, -0.15) is 0 Å². The lowest BCUT2D eigenvalue weighted by molar-refractivity contribution is -0.139. The number of hydrogen-bond donors (Lipinski definition) is 1. The largest absolute Gasteiger partial charge is 0.495 e. The van der Waals surface area contributed by atoms with Crippen LogP contribution in [0.3, 0.4) is 0 Å². The first-order chi connectivity index (χ1) is 18.5. The highest BCUT2D eigenvalue weighted by atomic mass is 32.2. The molecule has 0 saturated carbocycles. The minimum Gasteiger partial charge on any atom is -0.495 e. The molecule has 0 aliphatic heterocycles. The third-order valence-electron chi connectivity index (χ3n) is 6.26. The molecule has 1 N–H and O–H groups in total. The van der Waals surface area contributed by atoms with Gasteiger partial charge in [0.1, 0.15) is 18.3 Å². The van der Waals surface area contributed by atoms with Crippen LogP contribution >= 0.6 is 0 Å². The number of rotatable bonds is 12. The van der Waals surface area contributed by atoms with Crippen LogP contribution in [-0.2, 0) is 26.2 Å². The summed E-state index contributed by atoms with van der Waals surface area (Å²) in [5.41, 5.74) is 1.86. The van der Waals surface area contributed by atoms with Crippen molar-refractivity contribution in [2.75, 3.05) is 24.5 Å². The number of carbonyl (C=O) groups excluding carboxylic acids is 2. The molecule has 3 aromatic carbocycles. The van der Waals surface area contributed by atoms with E-state index in [1.165, 1.54) is 24.1 Å². The van der Waals surface area contributed by atoms with Gasteiger partial charge in [-0.25, -0.2) is 8.42 Å². The fourth-order valence-electron chi connectivity index (χ4n) is 4.04. The number of benzene rings is 3. The van der Waals surface area contributed by atoms with Crippen LogP contribution in [0.15, 0.2) is 83.8 Å². The predicted molar refractivity (Wildman–Crippen MR) is 153 cm³/mol. The zero-order valence-electron chi connectivity index (χ0n) is 23.1. The van der Waals surface area contributed by atoms with E-state index in [1.54, 1.807) is 43.3 Å². The maximum absolute atomic E-state index is 14.0. The Morgan fingerprint density at radius 3 is 2.13 bits per heavy atom. The molecular formula is C30H37N3O5S. The molecule has 0 saturated heterocycles. The smallest absolute Gasteiger partial charge is 0.264 e. The van der Waals surface area contributed by atoms with Gasteiger partial charge in [-0.05, 0) is 55.2 Å². The molecule has 0 spiro atoms. The molecule has 0 aromatic heterocycles. The van der Waals surface area contributed by atoms with Crippen molar-refractivity contribution in [1.82, 2.24) is 10.2 Å². The number of anilines is 1. The van der Waals surface area contributed by atoms with Gasteiger partial charge in [-0.1, -0.05) is 68.4 Å². The van der Waals surface area contributed by atoms with E-state index in [0.29, 0.717) is 12.3 Å². The molecule has 9 heteroatoms. The first-order valence-electron chi connectivity index (χ1n) is 12.9. The van der Waals surface area contributed by atoms with E-state index in [9.17, 15) is 18.0 Å². The molecule has 1 atom stereocenters. The van der Waals surface area contributed by atoms with Crippen molar-refractivity contribution in [3.8, 4) is 5.75 Å². The Bertz CT molecular complexity index is 1360. The molecule has 3 rings (SSSR count). The van der Waals surface area contributed by atoms with Gasteiger partial charge < -0.3 is 15.0 Å². The predicted octanol–water partition coefficient (Wildman–Crippen LogP) is 4.39. The standard InChI is InChI=1S/C30H37N3O5S/c1-22(2)19-31-30(35)24(4)32(20-25-12-8-6-9-13-25)29(34)21-33(27-18-23(3)16-17-28(27)38-5)39(36,37)26-14-10-7-11-15-26/h6-18,22,24H,19-21H2,1-5H3,(H,31,35)/t24-/m1/s1. The number of aryl methyl sites for hydroxylation is 1. The van der Waals surface area contributed by atoms with Gasteiger partial charge >= 0.3 is 0 Å². The van der Waals surface area contributed by atoms with Crippen molar-refractivity contribution in [3.05, 3.63) is 90.0 Å². The molecular weight excluding hydrogens is 514 g/mol. The SMILES string of the molecule is COc1ccc(C)cc1N(CC(=O)N(Cc1ccccc1)[C@H](C)C(=O)NCC(C)C)S(=O)(=O)c1ccccc1. The Morgan fingerprint density at radius 1 is 0.923 bits per heavy atom. The minimum absolute atomic E-state index is 0.0405. The molecule has 3 aromatic rings. The quantitative estimate of drug-likeness (QED) is 0.360. The second kappa shape index (κ2) is 13.3. The Hall–Kier alpha value is -3.85. The topological polar surface area (TPSA) is 96.0 Å². The maximum atomic E-state index is 14.0. The number of methoxy groups -OCH3 is 1. The van der Waals surface area contributed by atoms with Gasteiger partial charge in [0.05, 0.1) is 17.7 Å². The average Bonchev–Trinajstić information content (AvgIpc) is 2.93. The van der Waals surface area contributed by atoms with Gasteiger partial charge in [0.15, 0.2) is 0 Å². The molecule has 0 bridgehead atoms. The molecule has 39 heavy (non-hydrogen) atoms. The molecule has 0 aliphatic rings. The molecule has 0 unspecified atom stereocenters. The Morgan fingerprint density at radius 2 is 1.54 bits per heavy atom. The van der Waals surface area contributed by atoms with Crippen LogP contribution < -0.4 is 14.4 Å². The first-order valence-corrected chi connectivity index (χ1v) is 14.3. The number of carbonyl (C=O) groups is 2. The first kappa shape index (κ1) is 29.7. The van der Waals surface area contributed by atoms with Crippen molar-refractivity contribution in [2.24, 2.45) is 5.92 Å². The van der Waals surface area contributed by atoms with Gasteiger partial charge in [-0.3, -0.25) is 13.9 Å². The van der Waals surface area contributed by atoms with Gasteiger partial charge in [0.25, 0.3) is 10.0 Å². The van der Waals surface area contributed by atoms with E-state index in [0.717, 1.165) is 15.4 Å². The number of hydrogen-bond acceptors (Lipinski definition) is 5. The van der Waals surface area contributed by atoms with Gasteiger partial charge in [0, 0.05) is 13.1 Å². The summed E-state index contributed by atoms with van der Waals surface area (Å²) >= 11 is 0. The number of nitrogens with zero attached hydrogens (tertiary/aromatic N) is 2. The summed E-state index contributed by atoms with van der Waals surface area (Å²) in [7, 11) is -2.72. The zero-order valence-corrected chi connectivity index (χ0v) is 23.9. The Balaban J connectivity index is 2.05. The highest BCUT2D eigenvalue weighted by Gasteiger charge is 2.33. The second-order valence-electron chi connectivity index (χ2n) is 9.82. The summed E-state index contributed by atoms with van der Waals surface area (Å²) < 4.78 is 34.4. The lowest BCUT2D eigenvalue weighted by Crippen LogP contribution is -2.51. The molecule has 0 fully saturated rings. The van der Waals surface area contributed by atoms with Crippen molar-refractivity contribution in [2.45, 2.75) is 45.2 Å². The van der Waals surface area contributed by atoms with E-state index in [1.807, 2.05) is 51.1 Å². The van der Waals surface area contributed by atoms with E-state index in [4.69, 9.17) is 4.74 Å². The van der Waals surface area contributed by atoms with Crippen LogP contribution in [0.1, 0.15) is 31.9 Å². The number of ether oxygens (including phenoxy) is 1. The molecule has 2 amide bonds.